The van der Waals surface area contributed by atoms with Gasteiger partial charge in [-0.3, -0.25) is 4.79 Å². The lowest BCUT2D eigenvalue weighted by molar-refractivity contribution is 0.101. The molecular formula is C13H13NO2. The topological polar surface area (TPSA) is 42.2 Å². The summed E-state index contributed by atoms with van der Waals surface area (Å²) >= 11 is 0. The third kappa shape index (κ3) is 2.51. The average Bonchev–Trinajstić information content (AvgIpc) is 2.80. The standard InChI is InChI=1S/C13H13NO2/c1-10(15)11-4-6-12(7-5-11)14-9-13-3-2-8-16-13/h2-8,14H,9H2,1H3. The van der Waals surface area contributed by atoms with Crippen LogP contribution in [0.4, 0.5) is 5.69 Å². The number of benzene rings is 1. The molecule has 0 saturated carbocycles. The molecule has 16 heavy (non-hydrogen) atoms. The number of carbonyl (C=O) groups is 1. The van der Waals surface area contributed by atoms with Crippen molar-refractivity contribution in [3.63, 3.8) is 0 Å². The molecule has 3 heteroatoms. The summed E-state index contributed by atoms with van der Waals surface area (Å²) in [5.41, 5.74) is 1.70. The highest BCUT2D eigenvalue weighted by molar-refractivity contribution is 5.94. The van der Waals surface area contributed by atoms with E-state index < -0.39 is 0 Å². The Morgan fingerprint density at radius 2 is 2.00 bits per heavy atom. The first-order chi connectivity index (χ1) is 7.75. The summed E-state index contributed by atoms with van der Waals surface area (Å²) in [6.07, 6.45) is 1.65. The maximum absolute atomic E-state index is 11.1. The second-order valence-corrected chi connectivity index (χ2v) is 3.57. The van der Waals surface area contributed by atoms with Gasteiger partial charge in [-0.1, -0.05) is 0 Å². The predicted octanol–water partition coefficient (Wildman–Crippen LogP) is 3.09. The highest BCUT2D eigenvalue weighted by Crippen LogP contribution is 2.11. The molecule has 0 spiro atoms. The first-order valence-corrected chi connectivity index (χ1v) is 5.13. The summed E-state index contributed by atoms with van der Waals surface area (Å²) in [7, 11) is 0. The molecule has 0 saturated heterocycles. The minimum Gasteiger partial charge on any atom is -0.467 e. The first-order valence-electron chi connectivity index (χ1n) is 5.13. The Kier molecular flexibility index (Phi) is 3.05. The van der Waals surface area contributed by atoms with E-state index in [-0.39, 0.29) is 5.78 Å². The van der Waals surface area contributed by atoms with Crippen LogP contribution in [0, 0.1) is 0 Å². The van der Waals surface area contributed by atoms with Gasteiger partial charge < -0.3 is 9.73 Å². The van der Waals surface area contributed by atoms with E-state index in [2.05, 4.69) is 5.32 Å². The highest BCUT2D eigenvalue weighted by Gasteiger charge is 1.99. The van der Waals surface area contributed by atoms with Crippen LogP contribution in [0.25, 0.3) is 0 Å². The lowest BCUT2D eigenvalue weighted by Crippen LogP contribution is -1.98. The van der Waals surface area contributed by atoms with Gasteiger partial charge in [0.05, 0.1) is 12.8 Å². The second-order valence-electron chi connectivity index (χ2n) is 3.57. The molecule has 2 rings (SSSR count). The molecule has 3 nitrogen and oxygen atoms in total. The van der Waals surface area contributed by atoms with Crippen LogP contribution in [0.2, 0.25) is 0 Å². The van der Waals surface area contributed by atoms with Crippen LogP contribution in [0.1, 0.15) is 23.0 Å². The maximum atomic E-state index is 11.1. The molecule has 2 aromatic rings. The van der Waals surface area contributed by atoms with Gasteiger partial charge >= 0.3 is 0 Å². The van der Waals surface area contributed by atoms with Crippen molar-refractivity contribution < 1.29 is 9.21 Å². The molecule has 0 bridgehead atoms. The average molecular weight is 215 g/mol. The van der Waals surface area contributed by atoms with E-state index in [4.69, 9.17) is 4.42 Å². The van der Waals surface area contributed by atoms with Gasteiger partial charge in [-0.05, 0) is 43.3 Å². The van der Waals surface area contributed by atoms with Crippen molar-refractivity contribution >= 4 is 11.5 Å². The molecule has 0 aliphatic heterocycles. The summed E-state index contributed by atoms with van der Waals surface area (Å²) in [5.74, 6) is 0.966. The molecule has 0 aliphatic rings. The van der Waals surface area contributed by atoms with Gasteiger partial charge in [-0.2, -0.15) is 0 Å². The van der Waals surface area contributed by atoms with Crippen LogP contribution < -0.4 is 5.32 Å². The van der Waals surface area contributed by atoms with Crippen molar-refractivity contribution in [2.24, 2.45) is 0 Å². The zero-order valence-electron chi connectivity index (χ0n) is 9.07. The highest BCUT2D eigenvalue weighted by atomic mass is 16.3. The van der Waals surface area contributed by atoms with Crippen LogP contribution in [-0.4, -0.2) is 5.78 Å². The predicted molar refractivity (Wildman–Crippen MR) is 62.5 cm³/mol. The summed E-state index contributed by atoms with van der Waals surface area (Å²) in [4.78, 5) is 11.1. The Balaban J connectivity index is 1.98. The van der Waals surface area contributed by atoms with Crippen molar-refractivity contribution in [2.45, 2.75) is 13.5 Å². The molecule has 0 unspecified atom stereocenters. The smallest absolute Gasteiger partial charge is 0.159 e. The van der Waals surface area contributed by atoms with E-state index in [0.717, 1.165) is 17.0 Å². The van der Waals surface area contributed by atoms with Gasteiger partial charge in [0.25, 0.3) is 0 Å². The zero-order chi connectivity index (χ0) is 11.4. The summed E-state index contributed by atoms with van der Waals surface area (Å²) < 4.78 is 5.20. The Morgan fingerprint density at radius 1 is 1.25 bits per heavy atom. The number of anilines is 1. The molecule has 1 heterocycles. The Bertz CT molecular complexity index is 457. The lowest BCUT2D eigenvalue weighted by Gasteiger charge is -2.04. The summed E-state index contributed by atoms with van der Waals surface area (Å²) in [6, 6.07) is 11.2. The van der Waals surface area contributed by atoms with Crippen LogP contribution in [0.15, 0.2) is 47.1 Å². The number of rotatable bonds is 4. The van der Waals surface area contributed by atoms with Gasteiger partial charge in [-0.15, -0.1) is 0 Å². The minimum atomic E-state index is 0.0811. The Hall–Kier alpha value is -2.03. The zero-order valence-corrected chi connectivity index (χ0v) is 9.07. The fourth-order valence-electron chi connectivity index (χ4n) is 1.43. The molecule has 0 atom stereocenters. The van der Waals surface area contributed by atoms with Crippen molar-refractivity contribution in [1.82, 2.24) is 0 Å². The van der Waals surface area contributed by atoms with Gasteiger partial charge in [0, 0.05) is 11.3 Å². The van der Waals surface area contributed by atoms with Crippen molar-refractivity contribution in [3.05, 3.63) is 54.0 Å². The number of carbonyl (C=O) groups excluding carboxylic acids is 1. The third-order valence-electron chi connectivity index (χ3n) is 2.34. The maximum Gasteiger partial charge on any atom is 0.159 e. The molecule has 1 N–H and O–H groups in total. The molecule has 82 valence electrons. The van der Waals surface area contributed by atoms with Crippen LogP contribution in [-0.2, 0) is 6.54 Å². The lowest BCUT2D eigenvalue weighted by atomic mass is 10.1. The van der Waals surface area contributed by atoms with E-state index >= 15 is 0 Å². The normalized spacial score (nSPS) is 10.1. The van der Waals surface area contributed by atoms with E-state index in [1.165, 1.54) is 0 Å². The molecule has 0 aliphatic carbocycles. The largest absolute Gasteiger partial charge is 0.467 e. The van der Waals surface area contributed by atoms with E-state index in [9.17, 15) is 4.79 Å². The van der Waals surface area contributed by atoms with Gasteiger partial charge in [0.2, 0.25) is 0 Å². The number of Topliss-reactive ketones (excluding diaryl/α,β-unsaturated/α-hetero) is 1. The molecule has 0 radical (unpaired) electrons. The fraction of sp³-hybridized carbons (Fsp3) is 0.154. The number of furan rings is 1. The Morgan fingerprint density at radius 3 is 2.56 bits per heavy atom. The number of nitrogens with one attached hydrogen (secondary N) is 1. The van der Waals surface area contributed by atoms with Gasteiger partial charge in [0.15, 0.2) is 5.78 Å². The molecule has 1 aromatic carbocycles. The third-order valence-corrected chi connectivity index (χ3v) is 2.34. The van der Waals surface area contributed by atoms with Gasteiger partial charge in [0.1, 0.15) is 5.76 Å². The van der Waals surface area contributed by atoms with Crippen LogP contribution >= 0.6 is 0 Å². The quantitative estimate of drug-likeness (QED) is 0.797. The van der Waals surface area contributed by atoms with Crippen molar-refractivity contribution in [1.29, 1.82) is 0 Å². The van der Waals surface area contributed by atoms with E-state index in [1.807, 2.05) is 36.4 Å². The van der Waals surface area contributed by atoms with Gasteiger partial charge in [-0.25, -0.2) is 0 Å². The monoisotopic (exact) mass is 215 g/mol. The van der Waals surface area contributed by atoms with Crippen LogP contribution in [0.3, 0.4) is 0 Å². The van der Waals surface area contributed by atoms with E-state index in [0.29, 0.717) is 6.54 Å². The SMILES string of the molecule is CC(=O)c1ccc(NCc2ccco2)cc1. The molecular weight excluding hydrogens is 202 g/mol. The summed E-state index contributed by atoms with van der Waals surface area (Å²) in [6.45, 7) is 2.21. The minimum absolute atomic E-state index is 0.0811. The molecule has 0 fully saturated rings. The fourth-order valence-corrected chi connectivity index (χ4v) is 1.43. The number of ketones is 1. The first kappa shape index (κ1) is 10.5. The Labute approximate surface area is 94.1 Å². The van der Waals surface area contributed by atoms with Crippen molar-refractivity contribution in [2.75, 3.05) is 5.32 Å². The van der Waals surface area contributed by atoms with Crippen LogP contribution in [0.5, 0.6) is 0 Å². The van der Waals surface area contributed by atoms with Crippen molar-refractivity contribution in [3.8, 4) is 0 Å². The molecule has 0 amide bonds. The van der Waals surface area contributed by atoms with E-state index in [1.54, 1.807) is 13.2 Å². The second kappa shape index (κ2) is 4.66. The summed E-state index contributed by atoms with van der Waals surface area (Å²) in [5, 5.41) is 3.21. The number of hydrogen-bond donors (Lipinski definition) is 1. The number of hydrogen-bond acceptors (Lipinski definition) is 3. The molecule has 1 aromatic heterocycles.